The molecule has 42 heavy (non-hydrogen) atoms. The Morgan fingerprint density at radius 2 is 1.90 bits per heavy atom. The van der Waals surface area contributed by atoms with Crippen molar-refractivity contribution in [3.05, 3.63) is 77.4 Å². The fourth-order valence-corrected chi connectivity index (χ4v) is 6.71. The first kappa shape index (κ1) is 31.8. The average molecular weight is 603 g/mol. The van der Waals surface area contributed by atoms with E-state index in [0.717, 1.165) is 17.7 Å². The van der Waals surface area contributed by atoms with Gasteiger partial charge in [-0.15, -0.1) is 10.8 Å². The van der Waals surface area contributed by atoms with Crippen LogP contribution in [0.4, 0.5) is 15.8 Å². The van der Waals surface area contributed by atoms with E-state index in [1.165, 1.54) is 16.4 Å². The van der Waals surface area contributed by atoms with Crippen LogP contribution in [0.1, 0.15) is 55.1 Å². The maximum atomic E-state index is 16.0. The van der Waals surface area contributed by atoms with Crippen molar-refractivity contribution in [2.24, 2.45) is 0 Å². The van der Waals surface area contributed by atoms with Crippen molar-refractivity contribution in [2.75, 3.05) is 28.5 Å². The second-order valence-electron chi connectivity index (χ2n) is 11.0. The first-order valence-corrected chi connectivity index (χ1v) is 16.1. The van der Waals surface area contributed by atoms with Gasteiger partial charge in [0.15, 0.2) is 5.82 Å². The molecule has 1 aliphatic heterocycles. The van der Waals surface area contributed by atoms with E-state index in [1.807, 2.05) is 62.0 Å². The maximum absolute atomic E-state index is 16.0. The molecule has 1 fully saturated rings. The van der Waals surface area contributed by atoms with Gasteiger partial charge in [-0.25, -0.2) is 4.39 Å². The quantitative estimate of drug-likeness (QED) is 0.167. The largest absolute Gasteiger partial charge is 0.390 e. The highest BCUT2D eigenvalue weighted by Gasteiger charge is 2.32. The number of hydrogen-bond acceptors (Lipinski definition) is 8. The number of amides is 1. The van der Waals surface area contributed by atoms with Crippen LogP contribution in [0.2, 0.25) is 0 Å². The summed E-state index contributed by atoms with van der Waals surface area (Å²) in [6.07, 6.45) is 4.35. The van der Waals surface area contributed by atoms with Gasteiger partial charge in [0.25, 0.3) is 5.91 Å². The molecular weight excluding hydrogens is 559 g/mol. The van der Waals surface area contributed by atoms with Gasteiger partial charge in [-0.2, -0.15) is 5.10 Å². The number of anilines is 2. The van der Waals surface area contributed by atoms with Crippen molar-refractivity contribution in [2.45, 2.75) is 71.3 Å². The van der Waals surface area contributed by atoms with Crippen molar-refractivity contribution in [3.63, 3.8) is 0 Å². The second-order valence-corrected chi connectivity index (χ2v) is 13.1. The number of benzene rings is 2. The Balaban J connectivity index is 1.58. The number of halogens is 1. The Labute approximate surface area is 248 Å². The summed E-state index contributed by atoms with van der Waals surface area (Å²) in [5.74, 6) is -1.38. The maximum Gasteiger partial charge on any atom is 0.254 e. The number of aryl methyl sites for hydroxylation is 1. The Morgan fingerprint density at radius 1 is 1.14 bits per heavy atom. The summed E-state index contributed by atoms with van der Waals surface area (Å²) >= 11 is 0. The van der Waals surface area contributed by atoms with Gasteiger partial charge < -0.3 is 21.1 Å². The van der Waals surface area contributed by atoms with Gasteiger partial charge >= 0.3 is 0 Å². The van der Waals surface area contributed by atoms with E-state index in [-0.39, 0.29) is 36.1 Å². The topological polar surface area (TPSA) is 135 Å². The normalized spacial score (nSPS) is 17.1. The Bertz CT molecular complexity index is 1320. The molecule has 4 rings (SSSR count). The van der Waals surface area contributed by atoms with E-state index in [0.29, 0.717) is 31.5 Å². The lowest BCUT2D eigenvalue weighted by Gasteiger charge is -2.47. The minimum Gasteiger partial charge on any atom is -0.390 e. The monoisotopic (exact) mass is 602 g/mol. The molecule has 0 unspecified atom stereocenters. The summed E-state index contributed by atoms with van der Waals surface area (Å²) < 4.78 is 40.6. The number of nitrogens with one attached hydrogen (secondary N) is 3. The SMILES string of the molecule is CCn1cc(CNC[C@@H](O)[C@H](Cc2ccccc2)NC(=O)c2cc(NC(C)C)cc(N3CCCCS3(O)O)c2F)cn1. The zero-order valence-electron chi connectivity index (χ0n) is 24.5. The van der Waals surface area contributed by atoms with Gasteiger partial charge in [0.1, 0.15) is 0 Å². The third-order valence-corrected chi connectivity index (χ3v) is 9.10. The highest BCUT2D eigenvalue weighted by Crippen LogP contribution is 2.51. The third kappa shape index (κ3) is 8.23. The molecule has 2 heterocycles. The molecule has 0 saturated carbocycles. The van der Waals surface area contributed by atoms with Crippen LogP contribution < -0.4 is 20.3 Å². The van der Waals surface area contributed by atoms with Crippen molar-refractivity contribution in [1.29, 1.82) is 0 Å². The first-order chi connectivity index (χ1) is 20.1. The number of carbonyl (C=O) groups is 1. The lowest BCUT2D eigenvalue weighted by molar-refractivity contribution is 0.0826. The summed E-state index contributed by atoms with van der Waals surface area (Å²) in [5.41, 5.74) is 2.11. The molecule has 0 bridgehead atoms. The Morgan fingerprint density at radius 3 is 2.57 bits per heavy atom. The van der Waals surface area contributed by atoms with Crippen molar-refractivity contribution < 1.29 is 23.4 Å². The van der Waals surface area contributed by atoms with Crippen LogP contribution in [0.25, 0.3) is 0 Å². The van der Waals surface area contributed by atoms with Crippen LogP contribution in [0.5, 0.6) is 0 Å². The summed E-state index contributed by atoms with van der Waals surface area (Å²) in [5, 5.41) is 24.7. The number of aliphatic hydroxyl groups excluding tert-OH is 1. The molecule has 1 aromatic heterocycles. The summed E-state index contributed by atoms with van der Waals surface area (Å²) in [4.78, 5) is 13.7. The molecule has 3 aromatic rings. The molecule has 1 amide bonds. The Hall–Kier alpha value is -3.16. The minimum atomic E-state index is -3.22. The van der Waals surface area contributed by atoms with E-state index in [1.54, 1.807) is 6.20 Å². The third-order valence-electron chi connectivity index (χ3n) is 7.18. The molecule has 10 nitrogen and oxygen atoms in total. The molecule has 0 radical (unpaired) electrons. The van der Waals surface area contributed by atoms with Gasteiger partial charge in [-0.3, -0.25) is 22.9 Å². The highest BCUT2D eigenvalue weighted by atomic mass is 32.3. The predicted octanol–water partition coefficient (Wildman–Crippen LogP) is 4.62. The fourth-order valence-electron chi connectivity index (χ4n) is 5.03. The molecule has 0 spiro atoms. The molecule has 0 aliphatic carbocycles. The van der Waals surface area contributed by atoms with Crippen LogP contribution >= 0.6 is 10.8 Å². The van der Waals surface area contributed by atoms with Gasteiger partial charge in [0.2, 0.25) is 0 Å². The summed E-state index contributed by atoms with van der Waals surface area (Å²) in [6, 6.07) is 11.7. The molecule has 6 N–H and O–H groups in total. The van der Waals surface area contributed by atoms with E-state index >= 15 is 4.39 Å². The number of carbonyl (C=O) groups excluding carboxylic acids is 1. The van der Waals surface area contributed by atoms with Gasteiger partial charge in [-0.05, 0) is 57.7 Å². The van der Waals surface area contributed by atoms with E-state index in [2.05, 4.69) is 21.0 Å². The standard InChI is InChI=1S/C30H43FN6O4S/c1-4-36-20-23(18-33-36)17-32-19-28(38)26(14-22-10-6-5-7-11-22)35-30(39)25-15-24(34-21(2)3)16-27(29(25)31)37-12-8-9-13-42(37,40)41/h5-7,10-11,15-16,18,20-21,26,28,32,34,38,40-41H,4,8-9,12-14,17,19H2,1-3H3,(H,35,39)/t26-,28+/m0/s1. The van der Waals surface area contributed by atoms with Crippen LogP contribution in [-0.2, 0) is 19.5 Å². The van der Waals surface area contributed by atoms with Crippen molar-refractivity contribution in [1.82, 2.24) is 20.4 Å². The van der Waals surface area contributed by atoms with Gasteiger partial charge in [-0.1, -0.05) is 30.3 Å². The molecular formula is C30H43FN6O4S. The first-order valence-electron chi connectivity index (χ1n) is 14.5. The number of aliphatic hydroxyl groups is 1. The average Bonchev–Trinajstić information content (AvgIpc) is 3.41. The van der Waals surface area contributed by atoms with Crippen molar-refractivity contribution in [3.8, 4) is 0 Å². The fraction of sp³-hybridized carbons (Fsp3) is 0.467. The number of nitrogens with zero attached hydrogens (tertiary/aromatic N) is 3. The minimum absolute atomic E-state index is 0.0101. The number of rotatable bonds is 13. The summed E-state index contributed by atoms with van der Waals surface area (Å²) in [6.45, 7) is 7.55. The van der Waals surface area contributed by atoms with Crippen LogP contribution in [0, 0.1) is 5.82 Å². The van der Waals surface area contributed by atoms with Crippen LogP contribution in [0.3, 0.4) is 0 Å². The van der Waals surface area contributed by atoms with Crippen molar-refractivity contribution >= 4 is 28.1 Å². The Kier molecular flexibility index (Phi) is 10.8. The molecule has 1 saturated heterocycles. The number of aromatic nitrogens is 2. The number of hydrogen-bond donors (Lipinski definition) is 6. The second kappa shape index (κ2) is 14.3. The van der Waals surface area contributed by atoms with E-state index in [9.17, 15) is 19.0 Å². The molecule has 2 atom stereocenters. The van der Waals surface area contributed by atoms with Gasteiger partial charge in [0.05, 0.1) is 35.3 Å². The van der Waals surface area contributed by atoms with Gasteiger partial charge in [0, 0.05) is 49.7 Å². The zero-order valence-corrected chi connectivity index (χ0v) is 25.3. The highest BCUT2D eigenvalue weighted by molar-refractivity contribution is 8.25. The molecule has 12 heteroatoms. The van der Waals surface area contributed by atoms with Crippen LogP contribution in [-0.4, -0.2) is 66.9 Å². The predicted molar refractivity (Wildman–Crippen MR) is 166 cm³/mol. The molecule has 1 aliphatic rings. The lowest BCUT2D eigenvalue weighted by atomic mass is 10.00. The van der Waals surface area contributed by atoms with Crippen LogP contribution in [0.15, 0.2) is 54.9 Å². The van der Waals surface area contributed by atoms with E-state index < -0.39 is 34.6 Å². The lowest BCUT2D eigenvalue weighted by Crippen LogP contribution is -2.49. The smallest absolute Gasteiger partial charge is 0.254 e. The summed E-state index contributed by atoms with van der Waals surface area (Å²) in [7, 11) is -3.22. The zero-order chi connectivity index (χ0) is 30.3. The molecule has 230 valence electrons. The van der Waals surface area contributed by atoms with E-state index in [4.69, 9.17) is 0 Å². The molecule has 2 aromatic carbocycles.